The fourth-order valence-electron chi connectivity index (χ4n) is 2.03. The molecule has 2 nitrogen and oxygen atoms in total. The molecular formula is C15H10F2N2. The molecule has 0 unspecified atom stereocenters. The molecule has 3 aromatic rings. The number of para-hydroxylation sites is 1. The van der Waals surface area contributed by atoms with Gasteiger partial charge in [-0.05, 0) is 24.3 Å². The van der Waals surface area contributed by atoms with Crippen LogP contribution in [0.15, 0.2) is 54.7 Å². The smallest absolute Gasteiger partial charge is 0.255 e. The average molecular weight is 256 g/mol. The Kier molecular flexibility index (Phi) is 2.91. The summed E-state index contributed by atoms with van der Waals surface area (Å²) in [7, 11) is 0. The number of hydrogen-bond acceptors (Lipinski definition) is 2. The van der Waals surface area contributed by atoms with Crippen LogP contribution in [0.1, 0.15) is 12.0 Å². The van der Waals surface area contributed by atoms with Crippen LogP contribution < -0.4 is 0 Å². The molecule has 0 spiro atoms. The first-order valence-corrected chi connectivity index (χ1v) is 5.85. The van der Waals surface area contributed by atoms with Crippen molar-refractivity contribution >= 4 is 10.9 Å². The molecule has 2 aromatic heterocycles. The van der Waals surface area contributed by atoms with E-state index < -0.39 is 6.43 Å². The number of halogens is 2. The maximum absolute atomic E-state index is 13.1. The molecule has 0 bridgehead atoms. The monoisotopic (exact) mass is 256 g/mol. The lowest BCUT2D eigenvalue weighted by Crippen LogP contribution is -1.94. The summed E-state index contributed by atoms with van der Waals surface area (Å²) in [5.74, 6) is 0. The van der Waals surface area contributed by atoms with Crippen LogP contribution in [-0.4, -0.2) is 9.97 Å². The summed E-state index contributed by atoms with van der Waals surface area (Å²) >= 11 is 0. The van der Waals surface area contributed by atoms with E-state index in [1.807, 2.05) is 0 Å². The zero-order chi connectivity index (χ0) is 13.2. The van der Waals surface area contributed by atoms with Crippen molar-refractivity contribution < 1.29 is 8.78 Å². The van der Waals surface area contributed by atoms with Gasteiger partial charge >= 0.3 is 0 Å². The molecule has 1 aromatic carbocycles. The molecule has 0 aliphatic rings. The zero-order valence-corrected chi connectivity index (χ0v) is 9.92. The highest BCUT2D eigenvalue weighted by Crippen LogP contribution is 2.30. The minimum Gasteiger partial charge on any atom is -0.255 e. The van der Waals surface area contributed by atoms with Crippen molar-refractivity contribution in [2.75, 3.05) is 0 Å². The van der Waals surface area contributed by atoms with Gasteiger partial charge in [0.15, 0.2) is 0 Å². The molecule has 0 saturated carbocycles. The Morgan fingerprint density at radius 3 is 2.42 bits per heavy atom. The predicted octanol–water partition coefficient (Wildman–Crippen LogP) is 4.23. The van der Waals surface area contributed by atoms with Gasteiger partial charge in [-0.15, -0.1) is 0 Å². The Labute approximate surface area is 108 Å². The third-order valence-electron chi connectivity index (χ3n) is 2.91. The van der Waals surface area contributed by atoms with Gasteiger partial charge in [-0.1, -0.05) is 24.3 Å². The predicted molar refractivity (Wildman–Crippen MR) is 69.9 cm³/mol. The topological polar surface area (TPSA) is 25.8 Å². The molecule has 0 N–H and O–H groups in total. The number of alkyl halides is 2. The van der Waals surface area contributed by atoms with Crippen LogP contribution in [0.2, 0.25) is 0 Å². The van der Waals surface area contributed by atoms with Crippen LogP contribution in [0, 0.1) is 0 Å². The fourth-order valence-corrected chi connectivity index (χ4v) is 2.03. The molecule has 0 aliphatic carbocycles. The van der Waals surface area contributed by atoms with Gasteiger partial charge in [0, 0.05) is 17.1 Å². The van der Waals surface area contributed by atoms with Crippen molar-refractivity contribution in [2.24, 2.45) is 0 Å². The van der Waals surface area contributed by atoms with Crippen LogP contribution in [0.25, 0.3) is 22.3 Å². The largest absolute Gasteiger partial charge is 0.264 e. The maximum Gasteiger partial charge on any atom is 0.264 e. The van der Waals surface area contributed by atoms with Crippen LogP contribution in [-0.2, 0) is 0 Å². The summed E-state index contributed by atoms with van der Waals surface area (Å²) in [6, 6.07) is 13.7. The van der Waals surface area contributed by atoms with Crippen LogP contribution in [0.3, 0.4) is 0 Å². The van der Waals surface area contributed by atoms with Crippen molar-refractivity contribution in [2.45, 2.75) is 6.43 Å². The average Bonchev–Trinajstić information content (AvgIpc) is 2.47. The number of aromatic nitrogens is 2. The van der Waals surface area contributed by atoms with E-state index in [4.69, 9.17) is 0 Å². The Balaban J connectivity index is 2.28. The lowest BCUT2D eigenvalue weighted by Gasteiger charge is -2.08. The summed E-state index contributed by atoms with van der Waals surface area (Å²) in [5.41, 5.74) is 1.61. The summed E-state index contributed by atoms with van der Waals surface area (Å²) < 4.78 is 26.3. The Bertz CT molecular complexity index is 712. The Morgan fingerprint density at radius 1 is 0.895 bits per heavy atom. The number of fused-ring (bicyclic) bond motifs is 1. The number of pyridine rings is 2. The van der Waals surface area contributed by atoms with E-state index in [2.05, 4.69) is 9.97 Å². The summed E-state index contributed by atoms with van der Waals surface area (Å²) in [6.45, 7) is 0. The van der Waals surface area contributed by atoms with Gasteiger partial charge in [-0.2, -0.15) is 0 Å². The van der Waals surface area contributed by atoms with Gasteiger partial charge < -0.3 is 0 Å². The van der Waals surface area contributed by atoms with Gasteiger partial charge in [-0.25, -0.2) is 13.8 Å². The molecule has 0 saturated heterocycles. The van der Waals surface area contributed by atoms with E-state index in [0.717, 1.165) is 0 Å². The van der Waals surface area contributed by atoms with Crippen LogP contribution in [0.4, 0.5) is 8.78 Å². The summed E-state index contributed by atoms with van der Waals surface area (Å²) in [6.07, 6.45) is -0.913. The molecule has 0 atom stereocenters. The van der Waals surface area contributed by atoms with Gasteiger partial charge in [-0.3, -0.25) is 4.98 Å². The minimum atomic E-state index is -2.53. The molecule has 0 radical (unpaired) electrons. The highest BCUT2D eigenvalue weighted by molar-refractivity contribution is 5.85. The lowest BCUT2D eigenvalue weighted by atomic mass is 10.1. The molecule has 94 valence electrons. The Hall–Kier alpha value is -2.36. The SMILES string of the molecule is FC(F)c1cc(-c2ccccn2)nc2ccccc12. The van der Waals surface area contributed by atoms with Gasteiger partial charge in [0.1, 0.15) is 0 Å². The van der Waals surface area contributed by atoms with Gasteiger partial charge in [0.2, 0.25) is 0 Å². The van der Waals surface area contributed by atoms with E-state index in [9.17, 15) is 8.78 Å². The first-order valence-electron chi connectivity index (χ1n) is 5.85. The minimum absolute atomic E-state index is 0.00810. The third kappa shape index (κ3) is 2.17. The molecule has 19 heavy (non-hydrogen) atoms. The van der Waals surface area contributed by atoms with Crippen LogP contribution >= 0.6 is 0 Å². The highest BCUT2D eigenvalue weighted by atomic mass is 19.3. The van der Waals surface area contributed by atoms with Crippen molar-refractivity contribution in [3.8, 4) is 11.4 Å². The molecule has 4 heteroatoms. The van der Waals surface area contributed by atoms with Crippen LogP contribution in [0.5, 0.6) is 0 Å². The normalized spacial score (nSPS) is 11.1. The Morgan fingerprint density at radius 2 is 1.68 bits per heavy atom. The zero-order valence-electron chi connectivity index (χ0n) is 9.92. The van der Waals surface area contributed by atoms with E-state index in [1.165, 1.54) is 6.07 Å². The van der Waals surface area contributed by atoms with Crippen molar-refractivity contribution in [1.29, 1.82) is 0 Å². The molecule has 3 rings (SSSR count). The summed E-state index contributed by atoms with van der Waals surface area (Å²) in [5, 5.41) is 0.484. The maximum atomic E-state index is 13.1. The molecule has 0 fully saturated rings. The quantitative estimate of drug-likeness (QED) is 0.685. The first kappa shape index (κ1) is 11.7. The summed E-state index contributed by atoms with van der Waals surface area (Å²) in [4.78, 5) is 8.54. The molecular weight excluding hydrogens is 246 g/mol. The molecule has 2 heterocycles. The molecule has 0 aliphatic heterocycles. The highest BCUT2D eigenvalue weighted by Gasteiger charge is 2.14. The van der Waals surface area contributed by atoms with Crippen molar-refractivity contribution in [1.82, 2.24) is 9.97 Å². The van der Waals surface area contributed by atoms with Crippen molar-refractivity contribution in [3.05, 3.63) is 60.3 Å². The number of rotatable bonds is 2. The van der Waals surface area contributed by atoms with E-state index in [0.29, 0.717) is 22.3 Å². The third-order valence-corrected chi connectivity index (χ3v) is 2.91. The first-order chi connectivity index (χ1) is 9.25. The second-order valence-corrected chi connectivity index (χ2v) is 4.13. The van der Waals surface area contributed by atoms with Crippen molar-refractivity contribution in [3.63, 3.8) is 0 Å². The van der Waals surface area contributed by atoms with Gasteiger partial charge in [0.25, 0.3) is 6.43 Å². The van der Waals surface area contributed by atoms with E-state index >= 15 is 0 Å². The standard InChI is InChI=1S/C15H10F2N2/c16-15(17)11-9-14(13-7-3-4-8-18-13)19-12-6-2-1-5-10(11)12/h1-9,15H. The second-order valence-electron chi connectivity index (χ2n) is 4.13. The number of benzene rings is 1. The lowest BCUT2D eigenvalue weighted by molar-refractivity contribution is 0.153. The van der Waals surface area contributed by atoms with Gasteiger partial charge in [0.05, 0.1) is 16.9 Å². The number of nitrogens with zero attached hydrogens (tertiary/aromatic N) is 2. The van der Waals surface area contributed by atoms with E-state index in [-0.39, 0.29) is 5.56 Å². The fraction of sp³-hybridized carbons (Fsp3) is 0.0667. The molecule has 0 amide bonds. The second kappa shape index (κ2) is 4.72. The van der Waals surface area contributed by atoms with E-state index in [1.54, 1.807) is 48.7 Å². The number of hydrogen-bond donors (Lipinski definition) is 0.